The average Bonchev–Trinajstić information content (AvgIpc) is 2.89. The van der Waals surface area contributed by atoms with Crippen molar-refractivity contribution in [3.63, 3.8) is 0 Å². The largest absolute Gasteiger partial charge is 0.444 e. The molecule has 0 aliphatic carbocycles. The SMILES string of the molecule is C#Cc1ccccc1C(C(=O)Nc1ccc2ccccc2c1)N(C(=O)C(C)NC(=O)OC(C)(C)C)C(C)(C)CC. The Labute approximate surface area is 237 Å². The Morgan fingerprint density at radius 1 is 0.950 bits per heavy atom. The molecule has 0 bridgehead atoms. The molecule has 0 saturated carbocycles. The van der Waals surface area contributed by atoms with Gasteiger partial charge in [0.15, 0.2) is 0 Å². The van der Waals surface area contributed by atoms with Gasteiger partial charge < -0.3 is 20.3 Å². The summed E-state index contributed by atoms with van der Waals surface area (Å²) in [6.45, 7) is 12.5. The molecule has 0 aliphatic heterocycles. The Morgan fingerprint density at radius 3 is 2.20 bits per heavy atom. The molecule has 7 nitrogen and oxygen atoms in total. The highest BCUT2D eigenvalue weighted by Gasteiger charge is 2.42. The molecule has 40 heavy (non-hydrogen) atoms. The van der Waals surface area contributed by atoms with Crippen LogP contribution in [0.25, 0.3) is 10.8 Å². The third kappa shape index (κ3) is 7.20. The Balaban J connectivity index is 2.08. The molecule has 3 rings (SSSR count). The first kappa shape index (κ1) is 30.2. The van der Waals surface area contributed by atoms with Gasteiger partial charge in [-0.1, -0.05) is 61.4 Å². The van der Waals surface area contributed by atoms with Crippen molar-refractivity contribution in [2.24, 2.45) is 0 Å². The molecule has 3 amide bonds. The second kappa shape index (κ2) is 12.3. The van der Waals surface area contributed by atoms with Crippen LogP contribution in [0.3, 0.4) is 0 Å². The smallest absolute Gasteiger partial charge is 0.408 e. The van der Waals surface area contributed by atoms with Crippen LogP contribution in [0.15, 0.2) is 66.7 Å². The Morgan fingerprint density at radius 2 is 1.57 bits per heavy atom. The van der Waals surface area contributed by atoms with E-state index in [1.165, 1.54) is 4.90 Å². The molecule has 0 aliphatic rings. The van der Waals surface area contributed by atoms with E-state index in [4.69, 9.17) is 11.2 Å². The molecule has 2 atom stereocenters. The van der Waals surface area contributed by atoms with Gasteiger partial charge in [0.25, 0.3) is 5.91 Å². The van der Waals surface area contributed by atoms with Crippen molar-refractivity contribution in [2.45, 2.75) is 78.1 Å². The number of nitrogens with zero attached hydrogens (tertiary/aromatic N) is 1. The maximum atomic E-state index is 14.2. The van der Waals surface area contributed by atoms with E-state index in [9.17, 15) is 14.4 Å². The molecule has 0 saturated heterocycles. The number of hydrogen-bond acceptors (Lipinski definition) is 4. The van der Waals surface area contributed by atoms with E-state index in [0.717, 1.165) is 10.8 Å². The Hall–Kier alpha value is -4.31. The summed E-state index contributed by atoms with van der Waals surface area (Å²) < 4.78 is 5.37. The van der Waals surface area contributed by atoms with Gasteiger partial charge in [-0.25, -0.2) is 4.79 Å². The van der Waals surface area contributed by atoms with E-state index in [-0.39, 0.29) is 0 Å². The molecule has 210 valence electrons. The van der Waals surface area contributed by atoms with Crippen LogP contribution in [0, 0.1) is 12.3 Å². The van der Waals surface area contributed by atoms with Crippen molar-refractivity contribution in [2.75, 3.05) is 5.32 Å². The normalized spacial score (nSPS) is 13.1. The maximum absolute atomic E-state index is 14.2. The van der Waals surface area contributed by atoms with Gasteiger partial charge in [-0.15, -0.1) is 6.42 Å². The van der Waals surface area contributed by atoms with Crippen LogP contribution in [-0.4, -0.2) is 40.0 Å². The zero-order chi connectivity index (χ0) is 29.7. The second-order valence-corrected chi connectivity index (χ2v) is 11.4. The van der Waals surface area contributed by atoms with Crippen LogP contribution >= 0.6 is 0 Å². The maximum Gasteiger partial charge on any atom is 0.408 e. The fourth-order valence-electron chi connectivity index (χ4n) is 4.44. The molecule has 0 fully saturated rings. The fourth-order valence-corrected chi connectivity index (χ4v) is 4.44. The number of carbonyl (C=O) groups is 3. The summed E-state index contributed by atoms with van der Waals surface area (Å²) >= 11 is 0. The van der Waals surface area contributed by atoms with Crippen molar-refractivity contribution in [1.29, 1.82) is 0 Å². The summed E-state index contributed by atoms with van der Waals surface area (Å²) in [4.78, 5) is 42.3. The van der Waals surface area contributed by atoms with E-state index in [1.54, 1.807) is 52.0 Å². The van der Waals surface area contributed by atoms with Crippen molar-refractivity contribution in [3.8, 4) is 12.3 Å². The highest BCUT2D eigenvalue weighted by molar-refractivity contribution is 6.01. The summed E-state index contributed by atoms with van der Waals surface area (Å²) in [6, 6.07) is 18.5. The highest BCUT2D eigenvalue weighted by atomic mass is 16.6. The van der Waals surface area contributed by atoms with Crippen molar-refractivity contribution >= 4 is 34.4 Å². The molecule has 0 heterocycles. The van der Waals surface area contributed by atoms with Crippen LogP contribution in [0.4, 0.5) is 10.5 Å². The number of rotatable bonds is 8. The topological polar surface area (TPSA) is 87.7 Å². The van der Waals surface area contributed by atoms with Crippen molar-refractivity contribution < 1.29 is 19.1 Å². The predicted molar refractivity (Wildman–Crippen MR) is 160 cm³/mol. The van der Waals surface area contributed by atoms with Crippen molar-refractivity contribution in [1.82, 2.24) is 10.2 Å². The number of anilines is 1. The van der Waals surface area contributed by atoms with Gasteiger partial charge in [0.1, 0.15) is 17.7 Å². The minimum atomic E-state index is -1.08. The Bertz CT molecular complexity index is 1430. The number of benzene rings is 3. The quantitative estimate of drug-likeness (QED) is 0.322. The lowest BCUT2D eigenvalue weighted by atomic mass is 9.90. The zero-order valence-corrected chi connectivity index (χ0v) is 24.4. The van der Waals surface area contributed by atoms with Crippen LogP contribution in [0.5, 0.6) is 0 Å². The first-order valence-corrected chi connectivity index (χ1v) is 13.5. The molecular weight excluding hydrogens is 502 g/mol. The van der Waals surface area contributed by atoms with Crippen LogP contribution in [0.2, 0.25) is 0 Å². The number of amides is 3. The number of fused-ring (bicyclic) bond motifs is 1. The number of alkyl carbamates (subject to hydrolysis) is 1. The molecule has 0 spiro atoms. The number of nitrogens with one attached hydrogen (secondary N) is 2. The number of terminal acetylenes is 1. The van der Waals surface area contributed by atoms with E-state index < -0.39 is 41.1 Å². The number of hydrogen-bond donors (Lipinski definition) is 2. The molecule has 2 unspecified atom stereocenters. The van der Waals surface area contributed by atoms with Gasteiger partial charge in [-0.05, 0) is 82.5 Å². The predicted octanol–water partition coefficient (Wildman–Crippen LogP) is 6.43. The summed E-state index contributed by atoms with van der Waals surface area (Å²) in [5, 5.41) is 7.66. The highest BCUT2D eigenvalue weighted by Crippen LogP contribution is 2.34. The Kier molecular flexibility index (Phi) is 9.26. The van der Waals surface area contributed by atoms with Gasteiger partial charge >= 0.3 is 6.09 Å². The second-order valence-electron chi connectivity index (χ2n) is 11.4. The molecule has 0 aromatic heterocycles. The summed E-state index contributed by atoms with van der Waals surface area (Å²) in [5.74, 6) is 1.80. The molecule has 3 aromatic rings. The molecule has 0 radical (unpaired) electrons. The summed E-state index contributed by atoms with van der Waals surface area (Å²) in [6.07, 6.45) is 5.67. The van der Waals surface area contributed by atoms with Gasteiger partial charge in [-0.2, -0.15) is 0 Å². The summed E-state index contributed by atoms with van der Waals surface area (Å²) in [5.41, 5.74) is 0.0897. The average molecular weight is 542 g/mol. The monoisotopic (exact) mass is 541 g/mol. The first-order valence-electron chi connectivity index (χ1n) is 13.5. The lowest BCUT2D eigenvalue weighted by Crippen LogP contribution is -2.58. The van der Waals surface area contributed by atoms with E-state index in [2.05, 4.69) is 16.6 Å². The fraction of sp³-hybridized carbons (Fsp3) is 0.364. The van der Waals surface area contributed by atoms with E-state index in [0.29, 0.717) is 23.2 Å². The minimum Gasteiger partial charge on any atom is -0.444 e. The molecular formula is C33H39N3O4. The van der Waals surface area contributed by atoms with Crippen LogP contribution < -0.4 is 10.6 Å². The van der Waals surface area contributed by atoms with E-state index in [1.807, 2.05) is 63.2 Å². The number of carbonyl (C=O) groups excluding carboxylic acids is 3. The third-order valence-corrected chi connectivity index (χ3v) is 6.79. The first-order chi connectivity index (χ1) is 18.8. The van der Waals surface area contributed by atoms with Gasteiger partial charge in [0.2, 0.25) is 5.91 Å². The third-order valence-electron chi connectivity index (χ3n) is 6.79. The molecule has 7 heteroatoms. The molecule has 2 N–H and O–H groups in total. The summed E-state index contributed by atoms with van der Waals surface area (Å²) in [7, 11) is 0. The standard InChI is InChI=1S/C33H39N3O4/c1-9-23-15-13-14-18-27(23)28(29(37)35-26-20-19-24-16-11-12-17-25(24)21-26)36(33(7,8)10-2)30(38)22(3)34-31(39)40-32(4,5)6/h1,11-22,28H,10H2,2-8H3,(H,34,39)(H,35,37). The zero-order valence-electron chi connectivity index (χ0n) is 24.4. The van der Waals surface area contributed by atoms with Crippen molar-refractivity contribution in [3.05, 3.63) is 77.9 Å². The lowest BCUT2D eigenvalue weighted by molar-refractivity contribution is -0.147. The lowest BCUT2D eigenvalue weighted by Gasteiger charge is -2.44. The van der Waals surface area contributed by atoms with Crippen LogP contribution in [0.1, 0.15) is 72.1 Å². The van der Waals surface area contributed by atoms with Gasteiger partial charge in [-0.3, -0.25) is 9.59 Å². The number of ether oxygens (including phenoxy) is 1. The molecule has 3 aromatic carbocycles. The van der Waals surface area contributed by atoms with Crippen LogP contribution in [-0.2, 0) is 14.3 Å². The van der Waals surface area contributed by atoms with Gasteiger partial charge in [0.05, 0.1) is 0 Å². The van der Waals surface area contributed by atoms with E-state index >= 15 is 0 Å². The minimum absolute atomic E-state index is 0.419. The van der Waals surface area contributed by atoms with Gasteiger partial charge in [0, 0.05) is 16.8 Å².